The Balaban J connectivity index is 0.00000300. The van der Waals surface area contributed by atoms with Crippen LogP contribution >= 0.6 is 35.6 Å². The molecule has 0 unspecified atom stereocenters. The van der Waals surface area contributed by atoms with Gasteiger partial charge in [-0.1, -0.05) is 43.6 Å². The molecule has 6 nitrogen and oxygen atoms in total. The summed E-state index contributed by atoms with van der Waals surface area (Å²) >= 11 is 6.07. The number of guanidine groups is 1. The number of benzene rings is 1. The zero-order valence-electron chi connectivity index (χ0n) is 17.0. The van der Waals surface area contributed by atoms with Crippen molar-refractivity contribution >= 4 is 47.2 Å². The molecular weight excluding hydrogens is 499 g/mol. The molecule has 0 bridgehead atoms. The van der Waals surface area contributed by atoms with E-state index in [1.807, 2.05) is 40.9 Å². The largest absolute Gasteiger partial charge is 0.356 e. The van der Waals surface area contributed by atoms with Crippen LogP contribution < -0.4 is 10.6 Å². The van der Waals surface area contributed by atoms with E-state index >= 15 is 0 Å². The summed E-state index contributed by atoms with van der Waals surface area (Å²) in [4.78, 5) is 4.36. The second-order valence-corrected chi connectivity index (χ2v) is 7.26. The van der Waals surface area contributed by atoms with Gasteiger partial charge in [-0.2, -0.15) is 0 Å². The van der Waals surface area contributed by atoms with Crippen LogP contribution in [0.5, 0.6) is 0 Å². The van der Waals surface area contributed by atoms with Gasteiger partial charge in [0, 0.05) is 30.2 Å². The zero-order valence-corrected chi connectivity index (χ0v) is 20.1. The SMILES string of the molecule is CCC(CC)(CNC(=NC)NCc1nnc2ccccn12)c1ccc(Cl)cc1.I. The molecule has 2 aromatic heterocycles. The Morgan fingerprint density at radius 3 is 2.45 bits per heavy atom. The predicted molar refractivity (Wildman–Crippen MR) is 130 cm³/mol. The van der Waals surface area contributed by atoms with E-state index in [0.717, 1.165) is 41.8 Å². The third-order valence-corrected chi connectivity index (χ3v) is 5.68. The molecule has 0 aliphatic heterocycles. The molecule has 1 aromatic carbocycles. The van der Waals surface area contributed by atoms with Crippen LogP contribution in [0.3, 0.4) is 0 Å². The summed E-state index contributed by atoms with van der Waals surface area (Å²) in [6, 6.07) is 14.0. The number of rotatable bonds is 7. The lowest BCUT2D eigenvalue weighted by Gasteiger charge is -2.33. The van der Waals surface area contributed by atoms with E-state index in [4.69, 9.17) is 11.6 Å². The van der Waals surface area contributed by atoms with Crippen molar-refractivity contribution < 1.29 is 0 Å². The van der Waals surface area contributed by atoms with Crippen LogP contribution in [0.2, 0.25) is 5.02 Å². The highest BCUT2D eigenvalue weighted by Gasteiger charge is 2.28. The molecule has 2 N–H and O–H groups in total. The highest BCUT2D eigenvalue weighted by Crippen LogP contribution is 2.31. The monoisotopic (exact) mass is 526 g/mol. The van der Waals surface area contributed by atoms with Gasteiger partial charge in [0.05, 0.1) is 6.54 Å². The second kappa shape index (κ2) is 10.8. The number of aliphatic imine (C=N–C) groups is 1. The van der Waals surface area contributed by atoms with E-state index in [-0.39, 0.29) is 29.4 Å². The fourth-order valence-corrected chi connectivity index (χ4v) is 3.59. The van der Waals surface area contributed by atoms with E-state index < -0.39 is 0 Å². The molecule has 0 spiro atoms. The first-order valence-corrected chi connectivity index (χ1v) is 9.99. The molecule has 156 valence electrons. The Morgan fingerprint density at radius 1 is 1.07 bits per heavy atom. The van der Waals surface area contributed by atoms with Gasteiger partial charge in [0.15, 0.2) is 17.4 Å². The quantitative estimate of drug-likeness (QED) is 0.272. The van der Waals surface area contributed by atoms with Crippen molar-refractivity contribution in [3.63, 3.8) is 0 Å². The van der Waals surface area contributed by atoms with Crippen LogP contribution in [0.4, 0.5) is 0 Å². The van der Waals surface area contributed by atoms with Gasteiger partial charge in [0.1, 0.15) is 0 Å². The minimum absolute atomic E-state index is 0. The van der Waals surface area contributed by atoms with Crippen LogP contribution in [-0.4, -0.2) is 34.2 Å². The van der Waals surface area contributed by atoms with Crippen LogP contribution in [0.25, 0.3) is 5.65 Å². The molecule has 0 aliphatic rings. The highest BCUT2D eigenvalue weighted by molar-refractivity contribution is 14.0. The predicted octanol–water partition coefficient (Wildman–Crippen LogP) is 4.42. The van der Waals surface area contributed by atoms with Crippen LogP contribution in [-0.2, 0) is 12.0 Å². The van der Waals surface area contributed by atoms with Crippen LogP contribution in [0.15, 0.2) is 53.7 Å². The lowest BCUT2D eigenvalue weighted by atomic mass is 9.76. The molecular formula is C21H28ClIN6. The molecule has 0 radical (unpaired) electrons. The summed E-state index contributed by atoms with van der Waals surface area (Å²) in [5.74, 6) is 1.58. The minimum Gasteiger partial charge on any atom is -0.356 e. The highest BCUT2D eigenvalue weighted by atomic mass is 127. The first-order valence-electron chi connectivity index (χ1n) is 9.61. The summed E-state index contributed by atoms with van der Waals surface area (Å²) < 4.78 is 1.97. The van der Waals surface area contributed by atoms with Gasteiger partial charge in [-0.05, 0) is 42.7 Å². The van der Waals surface area contributed by atoms with E-state index in [9.17, 15) is 0 Å². The van der Waals surface area contributed by atoms with Gasteiger partial charge < -0.3 is 10.6 Å². The van der Waals surface area contributed by atoms with Gasteiger partial charge in [0.25, 0.3) is 0 Å². The topological polar surface area (TPSA) is 66.6 Å². The van der Waals surface area contributed by atoms with Crippen molar-refractivity contribution in [1.29, 1.82) is 0 Å². The van der Waals surface area contributed by atoms with Crippen LogP contribution in [0, 0.1) is 0 Å². The second-order valence-electron chi connectivity index (χ2n) is 6.82. The molecule has 3 aromatic rings. The van der Waals surface area contributed by atoms with E-state index in [1.54, 1.807) is 7.05 Å². The Kier molecular flexibility index (Phi) is 8.70. The molecule has 0 amide bonds. The average molecular weight is 527 g/mol. The summed E-state index contributed by atoms with van der Waals surface area (Å²) in [5.41, 5.74) is 2.14. The Morgan fingerprint density at radius 2 is 1.79 bits per heavy atom. The third kappa shape index (κ3) is 5.39. The van der Waals surface area contributed by atoms with Crippen molar-refractivity contribution in [3.05, 3.63) is 65.1 Å². The fraction of sp³-hybridized carbons (Fsp3) is 0.381. The number of fused-ring (bicyclic) bond motifs is 1. The van der Waals surface area contributed by atoms with E-state index in [0.29, 0.717) is 6.54 Å². The van der Waals surface area contributed by atoms with Gasteiger partial charge in [0.2, 0.25) is 0 Å². The Bertz CT molecular complexity index is 934. The lowest BCUT2D eigenvalue weighted by Crippen LogP contribution is -2.45. The Hall–Kier alpha value is -1.87. The number of nitrogens with one attached hydrogen (secondary N) is 2. The number of halogens is 2. The summed E-state index contributed by atoms with van der Waals surface area (Å²) in [6.07, 6.45) is 4.00. The molecule has 0 saturated heterocycles. The summed E-state index contributed by atoms with van der Waals surface area (Å²) in [6.45, 7) is 5.76. The van der Waals surface area contributed by atoms with E-state index in [1.165, 1.54) is 5.56 Å². The van der Waals surface area contributed by atoms with Crippen molar-refractivity contribution in [1.82, 2.24) is 25.2 Å². The first-order chi connectivity index (χ1) is 13.6. The number of aromatic nitrogens is 3. The van der Waals surface area contributed by atoms with Crippen molar-refractivity contribution in [3.8, 4) is 0 Å². The number of hydrogen-bond acceptors (Lipinski definition) is 3. The molecule has 0 atom stereocenters. The number of hydrogen-bond donors (Lipinski definition) is 2. The van der Waals surface area contributed by atoms with Gasteiger partial charge >= 0.3 is 0 Å². The maximum Gasteiger partial charge on any atom is 0.191 e. The van der Waals surface area contributed by atoms with Gasteiger partial charge in [-0.15, -0.1) is 34.2 Å². The fourth-order valence-electron chi connectivity index (χ4n) is 3.46. The molecule has 0 fully saturated rings. The zero-order chi connectivity index (χ0) is 20.0. The maximum atomic E-state index is 6.07. The van der Waals surface area contributed by atoms with Crippen molar-refractivity contribution in [2.24, 2.45) is 4.99 Å². The van der Waals surface area contributed by atoms with Crippen molar-refractivity contribution in [2.45, 2.75) is 38.6 Å². The van der Waals surface area contributed by atoms with Crippen LogP contribution in [0.1, 0.15) is 38.1 Å². The van der Waals surface area contributed by atoms with Gasteiger partial charge in [-0.3, -0.25) is 9.39 Å². The smallest absolute Gasteiger partial charge is 0.191 e. The Labute approximate surface area is 194 Å². The minimum atomic E-state index is 0. The maximum absolute atomic E-state index is 6.07. The van der Waals surface area contributed by atoms with Gasteiger partial charge in [-0.25, -0.2) is 0 Å². The number of nitrogens with zero attached hydrogens (tertiary/aromatic N) is 4. The average Bonchev–Trinajstić information content (AvgIpc) is 3.15. The lowest BCUT2D eigenvalue weighted by molar-refractivity contribution is 0.389. The molecule has 0 aliphatic carbocycles. The first kappa shape index (κ1) is 23.4. The third-order valence-electron chi connectivity index (χ3n) is 5.43. The van der Waals surface area contributed by atoms with Crippen molar-refractivity contribution in [2.75, 3.05) is 13.6 Å². The normalized spacial score (nSPS) is 11.9. The molecule has 0 saturated carbocycles. The summed E-state index contributed by atoms with van der Waals surface area (Å²) in [7, 11) is 1.78. The number of pyridine rings is 1. The van der Waals surface area contributed by atoms with E-state index in [2.05, 4.69) is 51.8 Å². The molecule has 29 heavy (non-hydrogen) atoms. The molecule has 2 heterocycles. The molecule has 8 heteroatoms. The standard InChI is InChI=1S/C21H27ClN6.HI/c1-4-21(5-2,16-9-11-17(22)12-10-16)15-25-20(23-3)24-14-19-27-26-18-8-6-7-13-28(18)19;/h6-13H,4-5,14-15H2,1-3H3,(H2,23,24,25);1H. The summed E-state index contributed by atoms with van der Waals surface area (Å²) in [5, 5.41) is 16.0. The molecule has 3 rings (SSSR count).